The van der Waals surface area contributed by atoms with Crippen molar-refractivity contribution in [1.29, 1.82) is 0 Å². The van der Waals surface area contributed by atoms with Crippen molar-refractivity contribution in [3.8, 4) is 0 Å². The molecule has 3 aliphatic rings. The predicted molar refractivity (Wildman–Crippen MR) is 101 cm³/mol. The molecule has 0 unspecified atom stereocenters. The van der Waals surface area contributed by atoms with E-state index in [0.29, 0.717) is 11.8 Å². The summed E-state index contributed by atoms with van der Waals surface area (Å²) in [4.78, 5) is 41.9. The maximum atomic E-state index is 12.7. The van der Waals surface area contributed by atoms with E-state index >= 15 is 0 Å². The number of H-pyrrole nitrogens is 1. The average molecular weight is 372 g/mol. The van der Waals surface area contributed by atoms with Crippen LogP contribution in [0.1, 0.15) is 67.1 Å². The minimum atomic E-state index is -0.704. The van der Waals surface area contributed by atoms with Gasteiger partial charge in [-0.25, -0.2) is 4.79 Å². The fourth-order valence-electron chi connectivity index (χ4n) is 5.18. The topological polar surface area (TPSA) is 79.5 Å². The minimum absolute atomic E-state index is 0.00580. The van der Waals surface area contributed by atoms with Crippen molar-refractivity contribution in [3.05, 3.63) is 33.2 Å². The normalized spacial score (nSPS) is 27.0. The number of ether oxygens (including phenoxy) is 1. The Balaban J connectivity index is 1.40. The third-order valence-corrected chi connectivity index (χ3v) is 6.69. The molecule has 1 saturated carbocycles. The number of amides is 1. The first-order chi connectivity index (χ1) is 13.0. The zero-order valence-electron chi connectivity index (χ0n) is 16.0. The van der Waals surface area contributed by atoms with Crippen LogP contribution in [0.25, 0.3) is 0 Å². The fourth-order valence-corrected chi connectivity index (χ4v) is 5.18. The lowest BCUT2D eigenvalue weighted by molar-refractivity contribution is -0.142. The highest BCUT2D eigenvalue weighted by molar-refractivity contribution is 5.91. The molecule has 1 amide bonds. The van der Waals surface area contributed by atoms with E-state index in [0.717, 1.165) is 56.3 Å². The number of hydrogen-bond donors (Lipinski definition) is 1. The SMILES string of the molecule is C[C@@H]1CCN(C(=O)COC(=O)c2cc3c([nH]c2=O)CCC3)[C@H]2CCCC[C@H]12. The Morgan fingerprint density at radius 2 is 2.00 bits per heavy atom. The Morgan fingerprint density at radius 1 is 1.19 bits per heavy atom. The lowest BCUT2D eigenvalue weighted by atomic mass is 9.72. The molecule has 0 aromatic carbocycles. The molecule has 27 heavy (non-hydrogen) atoms. The van der Waals surface area contributed by atoms with Gasteiger partial charge in [0.1, 0.15) is 5.56 Å². The number of pyridine rings is 1. The van der Waals surface area contributed by atoms with Crippen molar-refractivity contribution >= 4 is 11.9 Å². The van der Waals surface area contributed by atoms with E-state index in [1.807, 2.05) is 4.90 Å². The average Bonchev–Trinajstić information content (AvgIpc) is 3.13. The van der Waals surface area contributed by atoms with Gasteiger partial charge < -0.3 is 14.6 Å². The van der Waals surface area contributed by atoms with Gasteiger partial charge in [0.15, 0.2) is 6.61 Å². The smallest absolute Gasteiger partial charge is 0.344 e. The van der Waals surface area contributed by atoms with Crippen molar-refractivity contribution in [2.24, 2.45) is 11.8 Å². The molecule has 0 spiro atoms. The molecule has 0 bridgehead atoms. The molecule has 3 atom stereocenters. The van der Waals surface area contributed by atoms with Crippen LogP contribution in [-0.4, -0.2) is 41.0 Å². The summed E-state index contributed by atoms with van der Waals surface area (Å²) >= 11 is 0. The molecule has 2 heterocycles. The van der Waals surface area contributed by atoms with Crippen LogP contribution < -0.4 is 5.56 Å². The van der Waals surface area contributed by atoms with E-state index in [-0.39, 0.29) is 24.1 Å². The summed E-state index contributed by atoms with van der Waals surface area (Å²) in [7, 11) is 0. The molecule has 1 aromatic rings. The van der Waals surface area contributed by atoms with Gasteiger partial charge in [0, 0.05) is 18.3 Å². The van der Waals surface area contributed by atoms with E-state index in [1.165, 1.54) is 12.8 Å². The van der Waals surface area contributed by atoms with Crippen molar-refractivity contribution in [2.45, 2.75) is 64.3 Å². The second-order valence-electron chi connectivity index (χ2n) is 8.31. The number of aromatic amines is 1. The van der Waals surface area contributed by atoms with Crippen LogP contribution in [0.15, 0.2) is 10.9 Å². The molecule has 0 radical (unpaired) electrons. The Morgan fingerprint density at radius 3 is 2.85 bits per heavy atom. The largest absolute Gasteiger partial charge is 0.452 e. The molecule has 1 aromatic heterocycles. The van der Waals surface area contributed by atoms with E-state index in [1.54, 1.807) is 6.07 Å². The summed E-state index contributed by atoms with van der Waals surface area (Å²) in [6.07, 6.45) is 8.31. The van der Waals surface area contributed by atoms with Crippen molar-refractivity contribution in [1.82, 2.24) is 9.88 Å². The number of aryl methyl sites for hydroxylation is 2. The first-order valence-electron chi connectivity index (χ1n) is 10.3. The highest BCUT2D eigenvalue weighted by Crippen LogP contribution is 2.38. The van der Waals surface area contributed by atoms with E-state index in [4.69, 9.17) is 4.74 Å². The first kappa shape index (κ1) is 18.3. The highest BCUT2D eigenvalue weighted by atomic mass is 16.5. The van der Waals surface area contributed by atoms with Crippen LogP contribution in [0, 0.1) is 11.8 Å². The summed E-state index contributed by atoms with van der Waals surface area (Å²) in [5, 5.41) is 0. The number of esters is 1. The van der Waals surface area contributed by atoms with Crippen LogP contribution in [0.5, 0.6) is 0 Å². The number of carbonyl (C=O) groups excluding carboxylic acids is 2. The first-order valence-corrected chi connectivity index (χ1v) is 10.3. The number of aromatic nitrogens is 1. The van der Waals surface area contributed by atoms with Crippen molar-refractivity contribution < 1.29 is 14.3 Å². The minimum Gasteiger partial charge on any atom is -0.452 e. The van der Waals surface area contributed by atoms with Gasteiger partial charge in [0.25, 0.3) is 11.5 Å². The lowest BCUT2D eigenvalue weighted by Gasteiger charge is -2.47. The number of rotatable bonds is 3. The van der Waals surface area contributed by atoms with Crippen molar-refractivity contribution in [2.75, 3.05) is 13.2 Å². The second kappa shape index (κ2) is 7.49. The Kier molecular flexibility index (Phi) is 5.06. The zero-order chi connectivity index (χ0) is 19.0. The van der Waals surface area contributed by atoms with E-state index < -0.39 is 11.5 Å². The fraction of sp³-hybridized carbons (Fsp3) is 0.667. The number of nitrogens with one attached hydrogen (secondary N) is 1. The van der Waals surface area contributed by atoms with Crippen LogP contribution in [0.2, 0.25) is 0 Å². The molecule has 1 saturated heterocycles. The number of hydrogen-bond acceptors (Lipinski definition) is 4. The summed E-state index contributed by atoms with van der Waals surface area (Å²) in [5.41, 5.74) is 1.50. The predicted octanol–water partition coefficient (Wildman–Crippen LogP) is 2.45. The van der Waals surface area contributed by atoms with Gasteiger partial charge in [-0.05, 0) is 62.0 Å². The van der Waals surface area contributed by atoms with Gasteiger partial charge in [0.05, 0.1) is 0 Å². The summed E-state index contributed by atoms with van der Waals surface area (Å²) in [6.45, 7) is 2.73. The van der Waals surface area contributed by atoms with Gasteiger partial charge >= 0.3 is 5.97 Å². The van der Waals surface area contributed by atoms with E-state index in [9.17, 15) is 14.4 Å². The summed E-state index contributed by atoms with van der Waals surface area (Å²) in [5.74, 6) is 0.369. The van der Waals surface area contributed by atoms with Crippen LogP contribution in [0.3, 0.4) is 0 Å². The standard InChI is InChI=1S/C21H28N2O4/c1-13-9-10-23(18-8-3-2-6-15(13)18)19(24)12-27-21(26)16-11-14-5-4-7-17(14)22-20(16)25/h11,13,15,18H,2-10,12H2,1H3,(H,22,25)/t13-,15-,18+/m1/s1. The molecule has 146 valence electrons. The maximum Gasteiger partial charge on any atom is 0.344 e. The monoisotopic (exact) mass is 372 g/mol. The summed E-state index contributed by atoms with van der Waals surface area (Å²) < 4.78 is 5.24. The van der Waals surface area contributed by atoms with Gasteiger partial charge in [-0.15, -0.1) is 0 Å². The quantitative estimate of drug-likeness (QED) is 0.827. The van der Waals surface area contributed by atoms with Gasteiger partial charge in [-0.3, -0.25) is 9.59 Å². The molecule has 6 nitrogen and oxygen atoms in total. The van der Waals surface area contributed by atoms with Gasteiger partial charge in [-0.2, -0.15) is 0 Å². The molecular formula is C21H28N2O4. The molecule has 1 N–H and O–H groups in total. The molecule has 2 fully saturated rings. The lowest BCUT2D eigenvalue weighted by Crippen LogP contribution is -2.53. The van der Waals surface area contributed by atoms with Crippen LogP contribution in [0.4, 0.5) is 0 Å². The second-order valence-corrected chi connectivity index (χ2v) is 8.31. The van der Waals surface area contributed by atoms with Crippen LogP contribution in [-0.2, 0) is 22.4 Å². The number of fused-ring (bicyclic) bond motifs is 2. The van der Waals surface area contributed by atoms with Crippen LogP contribution >= 0.6 is 0 Å². The third-order valence-electron chi connectivity index (χ3n) is 6.69. The Hall–Kier alpha value is -2.11. The number of nitrogens with zero attached hydrogens (tertiary/aromatic N) is 1. The molecule has 4 rings (SSSR count). The summed E-state index contributed by atoms with van der Waals surface area (Å²) in [6, 6.07) is 1.91. The number of carbonyl (C=O) groups is 2. The Bertz CT molecular complexity index is 800. The number of piperidine rings is 1. The molecule has 2 aliphatic carbocycles. The zero-order valence-corrected chi connectivity index (χ0v) is 16.0. The molecule has 1 aliphatic heterocycles. The van der Waals surface area contributed by atoms with Gasteiger partial charge in [-0.1, -0.05) is 19.8 Å². The van der Waals surface area contributed by atoms with E-state index in [2.05, 4.69) is 11.9 Å². The maximum absolute atomic E-state index is 12.7. The van der Waals surface area contributed by atoms with Crippen molar-refractivity contribution in [3.63, 3.8) is 0 Å². The number of likely N-dealkylation sites (tertiary alicyclic amines) is 1. The Labute approximate surface area is 159 Å². The molecular weight excluding hydrogens is 344 g/mol. The molecule has 6 heteroatoms. The third kappa shape index (κ3) is 3.54. The highest BCUT2D eigenvalue weighted by Gasteiger charge is 2.39. The van der Waals surface area contributed by atoms with Gasteiger partial charge in [0.2, 0.25) is 0 Å².